The Balaban J connectivity index is 3.29. The molecule has 0 bridgehead atoms. The van der Waals surface area contributed by atoms with Gasteiger partial charge in [-0.25, -0.2) is 12.7 Å². The van der Waals surface area contributed by atoms with Crippen molar-refractivity contribution in [3.8, 4) is 0 Å². The third-order valence-electron chi connectivity index (χ3n) is 2.40. The van der Waals surface area contributed by atoms with Gasteiger partial charge < -0.3 is 5.73 Å². The number of nitrogens with zero attached hydrogens (tertiary/aromatic N) is 1. The van der Waals surface area contributed by atoms with Crippen molar-refractivity contribution < 1.29 is 8.42 Å². The maximum atomic E-state index is 12.5. The molecule has 1 aromatic carbocycles. The third-order valence-corrected chi connectivity index (χ3v) is 4.95. The summed E-state index contributed by atoms with van der Waals surface area (Å²) < 4.78 is 26.2. The van der Waals surface area contributed by atoms with Gasteiger partial charge in [0.15, 0.2) is 0 Å². The van der Waals surface area contributed by atoms with Gasteiger partial charge >= 0.3 is 0 Å². The van der Waals surface area contributed by atoms with Crippen molar-refractivity contribution >= 4 is 38.9 Å². The Morgan fingerprint density at radius 1 is 1.26 bits per heavy atom. The molecule has 0 aliphatic heterocycles. The first-order valence-electron chi connectivity index (χ1n) is 5.66. The zero-order valence-corrected chi connectivity index (χ0v) is 13.7. The number of sulfonamides is 1. The van der Waals surface area contributed by atoms with Crippen LogP contribution in [-0.4, -0.2) is 26.3 Å². The molecule has 0 unspecified atom stereocenters. The van der Waals surface area contributed by atoms with E-state index in [0.717, 1.165) is 0 Å². The minimum absolute atomic E-state index is 0.0331. The average Bonchev–Trinajstić information content (AvgIpc) is 2.11. The van der Waals surface area contributed by atoms with E-state index in [2.05, 4.69) is 0 Å². The van der Waals surface area contributed by atoms with Gasteiger partial charge in [0.1, 0.15) is 4.90 Å². The van der Waals surface area contributed by atoms with Crippen molar-refractivity contribution in [3.05, 3.63) is 22.2 Å². The standard InChI is InChI=1S/C12H18Cl2N2O2S/c1-12(2,3)7-16(4)19(17,18)11-9(14)5-8(13)6-10(11)15/h5-6H,7,15H2,1-4H3. The van der Waals surface area contributed by atoms with E-state index in [0.29, 0.717) is 11.6 Å². The van der Waals surface area contributed by atoms with E-state index in [1.807, 2.05) is 20.8 Å². The maximum Gasteiger partial charge on any atom is 0.246 e. The van der Waals surface area contributed by atoms with Gasteiger partial charge in [-0.2, -0.15) is 0 Å². The SMILES string of the molecule is CN(CC(C)(C)C)S(=O)(=O)c1c(N)cc(Cl)cc1Cl. The summed E-state index contributed by atoms with van der Waals surface area (Å²) in [5.74, 6) is 0. The van der Waals surface area contributed by atoms with Gasteiger partial charge in [-0.15, -0.1) is 0 Å². The van der Waals surface area contributed by atoms with Crippen LogP contribution in [0.5, 0.6) is 0 Å². The molecule has 108 valence electrons. The average molecular weight is 325 g/mol. The van der Waals surface area contributed by atoms with Crippen LogP contribution in [0.1, 0.15) is 20.8 Å². The molecule has 0 radical (unpaired) electrons. The second kappa shape index (κ2) is 5.48. The largest absolute Gasteiger partial charge is 0.398 e. The molecule has 0 heterocycles. The molecule has 1 aromatic rings. The van der Waals surface area contributed by atoms with Gasteiger partial charge in [0, 0.05) is 18.6 Å². The first-order chi connectivity index (χ1) is 8.45. The lowest BCUT2D eigenvalue weighted by Crippen LogP contribution is -2.35. The normalized spacial score (nSPS) is 13.0. The Morgan fingerprint density at radius 3 is 2.21 bits per heavy atom. The number of halogens is 2. The van der Waals surface area contributed by atoms with Gasteiger partial charge in [0.2, 0.25) is 10.0 Å². The van der Waals surface area contributed by atoms with Gasteiger partial charge in [0.25, 0.3) is 0 Å². The Morgan fingerprint density at radius 2 is 1.79 bits per heavy atom. The molecule has 7 heteroatoms. The Kier molecular flexibility index (Phi) is 4.78. The summed E-state index contributed by atoms with van der Waals surface area (Å²) in [5.41, 5.74) is 5.62. The summed E-state index contributed by atoms with van der Waals surface area (Å²) in [6, 6.07) is 2.75. The second-order valence-electron chi connectivity index (χ2n) is 5.63. The predicted molar refractivity (Wildman–Crippen MR) is 80.1 cm³/mol. The molecule has 19 heavy (non-hydrogen) atoms. The van der Waals surface area contributed by atoms with Crippen LogP contribution in [0, 0.1) is 5.41 Å². The lowest BCUT2D eigenvalue weighted by molar-refractivity contribution is 0.311. The number of rotatable bonds is 3. The van der Waals surface area contributed by atoms with Crippen LogP contribution in [0.4, 0.5) is 5.69 Å². The molecular weight excluding hydrogens is 307 g/mol. The monoisotopic (exact) mass is 324 g/mol. The van der Waals surface area contributed by atoms with Crippen molar-refractivity contribution in [1.82, 2.24) is 4.31 Å². The van der Waals surface area contributed by atoms with Crippen LogP contribution in [0.15, 0.2) is 17.0 Å². The molecule has 1 rings (SSSR count). The molecule has 0 spiro atoms. The molecule has 0 amide bonds. The first kappa shape index (κ1) is 16.6. The smallest absolute Gasteiger partial charge is 0.246 e. The summed E-state index contributed by atoms with van der Waals surface area (Å²) in [4.78, 5) is -0.0923. The summed E-state index contributed by atoms with van der Waals surface area (Å²) in [6.45, 7) is 6.21. The number of hydrogen-bond acceptors (Lipinski definition) is 3. The molecule has 0 saturated carbocycles. The van der Waals surface area contributed by atoms with Crippen LogP contribution in [0.3, 0.4) is 0 Å². The van der Waals surface area contributed by atoms with Crippen LogP contribution in [-0.2, 0) is 10.0 Å². The van der Waals surface area contributed by atoms with E-state index in [1.165, 1.54) is 23.5 Å². The number of anilines is 1. The summed E-state index contributed by atoms with van der Waals surface area (Å²) in [7, 11) is -2.23. The molecular formula is C12H18Cl2N2O2S. The van der Waals surface area contributed by atoms with Gasteiger partial charge in [-0.3, -0.25) is 0 Å². The Labute approximate surface area is 124 Å². The minimum Gasteiger partial charge on any atom is -0.398 e. The van der Waals surface area contributed by atoms with Crippen molar-refractivity contribution in [2.24, 2.45) is 5.41 Å². The van der Waals surface area contributed by atoms with E-state index < -0.39 is 10.0 Å². The van der Waals surface area contributed by atoms with Crippen LogP contribution in [0.2, 0.25) is 10.0 Å². The fraction of sp³-hybridized carbons (Fsp3) is 0.500. The number of nitrogens with two attached hydrogens (primary N) is 1. The molecule has 0 saturated heterocycles. The predicted octanol–water partition coefficient (Wildman–Crippen LogP) is 3.24. The molecule has 0 fully saturated rings. The van der Waals surface area contributed by atoms with Crippen molar-refractivity contribution in [2.75, 3.05) is 19.3 Å². The van der Waals surface area contributed by atoms with Crippen molar-refractivity contribution in [3.63, 3.8) is 0 Å². The molecule has 0 atom stereocenters. The van der Waals surface area contributed by atoms with Crippen LogP contribution >= 0.6 is 23.2 Å². The fourth-order valence-electron chi connectivity index (χ4n) is 1.76. The number of nitrogen functional groups attached to an aromatic ring is 1. The van der Waals surface area contributed by atoms with Crippen molar-refractivity contribution in [2.45, 2.75) is 25.7 Å². The van der Waals surface area contributed by atoms with E-state index in [9.17, 15) is 8.42 Å². The highest BCUT2D eigenvalue weighted by Crippen LogP contribution is 2.33. The summed E-state index contributed by atoms with van der Waals surface area (Å²) in [6.07, 6.45) is 0. The van der Waals surface area contributed by atoms with Gasteiger partial charge in [0.05, 0.1) is 10.7 Å². The lowest BCUT2D eigenvalue weighted by atomic mass is 9.97. The van der Waals surface area contributed by atoms with Gasteiger partial charge in [-0.05, 0) is 17.5 Å². The Bertz CT molecular complexity index is 557. The maximum absolute atomic E-state index is 12.5. The van der Waals surface area contributed by atoms with Crippen LogP contribution < -0.4 is 5.73 Å². The molecule has 0 aromatic heterocycles. The molecule has 0 aliphatic carbocycles. The Hall–Kier alpha value is -0.490. The quantitative estimate of drug-likeness (QED) is 0.868. The molecule has 4 nitrogen and oxygen atoms in total. The molecule has 0 aliphatic rings. The zero-order chi connectivity index (χ0) is 15.0. The number of benzene rings is 1. The fourth-order valence-corrected chi connectivity index (χ4v) is 4.09. The third kappa shape index (κ3) is 3.99. The van der Waals surface area contributed by atoms with Crippen molar-refractivity contribution in [1.29, 1.82) is 0 Å². The topological polar surface area (TPSA) is 63.4 Å². The second-order valence-corrected chi connectivity index (χ2v) is 8.45. The highest BCUT2D eigenvalue weighted by atomic mass is 35.5. The first-order valence-corrected chi connectivity index (χ1v) is 7.85. The van der Waals surface area contributed by atoms with Gasteiger partial charge in [-0.1, -0.05) is 44.0 Å². The highest BCUT2D eigenvalue weighted by Gasteiger charge is 2.29. The van der Waals surface area contributed by atoms with E-state index >= 15 is 0 Å². The van der Waals surface area contributed by atoms with E-state index in [4.69, 9.17) is 28.9 Å². The molecule has 2 N–H and O–H groups in total. The summed E-state index contributed by atoms with van der Waals surface area (Å²) >= 11 is 11.7. The zero-order valence-electron chi connectivity index (χ0n) is 11.4. The highest BCUT2D eigenvalue weighted by molar-refractivity contribution is 7.89. The van der Waals surface area contributed by atoms with E-state index in [1.54, 1.807) is 0 Å². The lowest BCUT2D eigenvalue weighted by Gasteiger charge is -2.26. The van der Waals surface area contributed by atoms with E-state index in [-0.39, 0.29) is 21.0 Å². The minimum atomic E-state index is -3.73. The summed E-state index contributed by atoms with van der Waals surface area (Å²) in [5, 5.41) is 0.339. The van der Waals surface area contributed by atoms with Crippen LogP contribution in [0.25, 0.3) is 0 Å². The number of hydrogen-bond donors (Lipinski definition) is 1.